The SMILES string of the molecule is CC(=O)CC1CCCN1C(=O)c1ccc([N+](=O)[O-])cc1C. The fraction of sp³-hybridized carbons (Fsp3) is 0.467. The van der Waals surface area contributed by atoms with E-state index in [-0.39, 0.29) is 23.4 Å². The van der Waals surface area contributed by atoms with E-state index in [1.165, 1.54) is 25.1 Å². The van der Waals surface area contributed by atoms with Crippen LogP contribution in [0.4, 0.5) is 5.69 Å². The number of carbonyl (C=O) groups excluding carboxylic acids is 2. The molecule has 0 radical (unpaired) electrons. The first-order valence-electron chi connectivity index (χ1n) is 6.95. The van der Waals surface area contributed by atoms with Gasteiger partial charge in [-0.15, -0.1) is 0 Å². The summed E-state index contributed by atoms with van der Waals surface area (Å²) in [5.74, 6) is -0.0775. The summed E-state index contributed by atoms with van der Waals surface area (Å²) in [5.41, 5.74) is 1.03. The Morgan fingerprint density at radius 3 is 2.71 bits per heavy atom. The average Bonchev–Trinajstić information content (AvgIpc) is 2.85. The Hall–Kier alpha value is -2.24. The Labute approximate surface area is 122 Å². The smallest absolute Gasteiger partial charge is 0.269 e. The van der Waals surface area contributed by atoms with Crippen molar-refractivity contribution in [3.05, 3.63) is 39.4 Å². The molecule has 6 nitrogen and oxygen atoms in total. The van der Waals surface area contributed by atoms with Crippen molar-refractivity contribution in [3.8, 4) is 0 Å². The summed E-state index contributed by atoms with van der Waals surface area (Å²) in [6.07, 6.45) is 2.09. The number of amides is 1. The van der Waals surface area contributed by atoms with Gasteiger partial charge in [0, 0.05) is 36.7 Å². The molecule has 1 fully saturated rings. The van der Waals surface area contributed by atoms with Gasteiger partial charge in [-0.25, -0.2) is 0 Å². The van der Waals surface area contributed by atoms with Crippen LogP contribution in [0.5, 0.6) is 0 Å². The van der Waals surface area contributed by atoms with Crippen LogP contribution in [-0.2, 0) is 4.79 Å². The molecule has 2 rings (SSSR count). The first kappa shape index (κ1) is 15.2. The molecule has 1 amide bonds. The molecule has 0 saturated carbocycles. The highest BCUT2D eigenvalue weighted by Gasteiger charge is 2.31. The van der Waals surface area contributed by atoms with Gasteiger partial charge in [0.2, 0.25) is 0 Å². The minimum atomic E-state index is -0.477. The lowest BCUT2D eigenvalue weighted by Gasteiger charge is -2.24. The normalized spacial score (nSPS) is 17.8. The average molecular weight is 290 g/mol. The first-order chi connectivity index (χ1) is 9.90. The van der Waals surface area contributed by atoms with E-state index in [1.807, 2.05) is 0 Å². The molecule has 0 bridgehead atoms. The summed E-state index contributed by atoms with van der Waals surface area (Å²) < 4.78 is 0. The molecule has 1 aromatic rings. The second-order valence-corrected chi connectivity index (χ2v) is 5.46. The fourth-order valence-corrected chi connectivity index (χ4v) is 2.80. The van der Waals surface area contributed by atoms with E-state index in [2.05, 4.69) is 0 Å². The molecule has 1 aromatic carbocycles. The van der Waals surface area contributed by atoms with Crippen LogP contribution >= 0.6 is 0 Å². The van der Waals surface area contributed by atoms with Gasteiger partial charge < -0.3 is 4.90 Å². The highest BCUT2D eigenvalue weighted by atomic mass is 16.6. The van der Waals surface area contributed by atoms with Crippen LogP contribution in [0.2, 0.25) is 0 Å². The zero-order chi connectivity index (χ0) is 15.6. The molecule has 0 aromatic heterocycles. The number of benzene rings is 1. The lowest BCUT2D eigenvalue weighted by atomic mass is 10.0. The van der Waals surface area contributed by atoms with Gasteiger partial charge in [0.15, 0.2) is 0 Å². The van der Waals surface area contributed by atoms with Crippen LogP contribution < -0.4 is 0 Å². The molecule has 1 saturated heterocycles. The number of hydrogen-bond acceptors (Lipinski definition) is 4. The van der Waals surface area contributed by atoms with Crippen molar-refractivity contribution in [1.82, 2.24) is 4.90 Å². The van der Waals surface area contributed by atoms with Crippen molar-refractivity contribution < 1.29 is 14.5 Å². The third kappa shape index (κ3) is 3.26. The Bertz CT molecular complexity index is 597. The van der Waals surface area contributed by atoms with Crippen molar-refractivity contribution in [3.63, 3.8) is 0 Å². The molecular formula is C15H18N2O4. The van der Waals surface area contributed by atoms with E-state index >= 15 is 0 Å². The molecule has 0 spiro atoms. The lowest BCUT2D eigenvalue weighted by molar-refractivity contribution is -0.384. The van der Waals surface area contributed by atoms with Crippen LogP contribution in [0.1, 0.15) is 42.1 Å². The van der Waals surface area contributed by atoms with Gasteiger partial charge in [0.1, 0.15) is 5.78 Å². The monoisotopic (exact) mass is 290 g/mol. The number of nitrogens with zero attached hydrogens (tertiary/aromatic N) is 2. The van der Waals surface area contributed by atoms with Gasteiger partial charge in [0.05, 0.1) is 4.92 Å². The van der Waals surface area contributed by atoms with Gasteiger partial charge >= 0.3 is 0 Å². The number of rotatable bonds is 4. The minimum Gasteiger partial charge on any atom is -0.335 e. The molecule has 0 N–H and O–H groups in total. The molecule has 0 aliphatic carbocycles. The van der Waals surface area contributed by atoms with Crippen LogP contribution in [0.25, 0.3) is 0 Å². The summed E-state index contributed by atoms with van der Waals surface area (Å²) >= 11 is 0. The number of hydrogen-bond donors (Lipinski definition) is 0. The van der Waals surface area contributed by atoms with Crippen LogP contribution in [0, 0.1) is 17.0 Å². The number of ketones is 1. The summed E-state index contributed by atoms with van der Waals surface area (Å²) in [7, 11) is 0. The van der Waals surface area contributed by atoms with Gasteiger partial charge in [-0.1, -0.05) is 0 Å². The summed E-state index contributed by atoms with van der Waals surface area (Å²) in [4.78, 5) is 35.8. The van der Waals surface area contributed by atoms with Crippen LogP contribution in [-0.4, -0.2) is 34.1 Å². The van der Waals surface area contributed by atoms with E-state index in [0.29, 0.717) is 24.1 Å². The number of nitro groups is 1. The molecule has 1 aliphatic heterocycles. The van der Waals surface area contributed by atoms with Crippen LogP contribution in [0.3, 0.4) is 0 Å². The Kier molecular flexibility index (Phi) is 4.35. The van der Waals surface area contributed by atoms with Crippen molar-refractivity contribution in [2.75, 3.05) is 6.54 Å². The maximum Gasteiger partial charge on any atom is 0.269 e. The molecular weight excluding hydrogens is 272 g/mol. The molecule has 1 aliphatic rings. The molecule has 21 heavy (non-hydrogen) atoms. The first-order valence-corrected chi connectivity index (χ1v) is 6.95. The Morgan fingerprint density at radius 1 is 1.43 bits per heavy atom. The van der Waals surface area contributed by atoms with Gasteiger partial charge in [-0.05, 0) is 38.3 Å². The third-order valence-electron chi connectivity index (χ3n) is 3.81. The predicted molar refractivity (Wildman–Crippen MR) is 77.2 cm³/mol. The maximum atomic E-state index is 12.6. The Balaban J connectivity index is 2.23. The summed E-state index contributed by atoms with van der Waals surface area (Å²) in [6, 6.07) is 4.20. The number of Topliss-reactive ketones (excluding diaryl/α,β-unsaturated/α-hetero) is 1. The largest absolute Gasteiger partial charge is 0.335 e. The third-order valence-corrected chi connectivity index (χ3v) is 3.81. The Morgan fingerprint density at radius 2 is 2.14 bits per heavy atom. The molecule has 6 heteroatoms. The lowest BCUT2D eigenvalue weighted by Crippen LogP contribution is -2.36. The molecule has 1 unspecified atom stereocenters. The number of likely N-dealkylation sites (tertiary alicyclic amines) is 1. The van der Waals surface area contributed by atoms with Crippen molar-refractivity contribution >= 4 is 17.4 Å². The highest BCUT2D eigenvalue weighted by molar-refractivity contribution is 5.96. The number of nitro benzene ring substituents is 1. The van der Waals surface area contributed by atoms with Crippen molar-refractivity contribution in [1.29, 1.82) is 0 Å². The summed E-state index contributed by atoms with van der Waals surface area (Å²) in [6.45, 7) is 3.85. The fourth-order valence-electron chi connectivity index (χ4n) is 2.80. The second-order valence-electron chi connectivity index (χ2n) is 5.46. The minimum absolute atomic E-state index is 0.0224. The van der Waals surface area contributed by atoms with Gasteiger partial charge in [0.25, 0.3) is 11.6 Å². The van der Waals surface area contributed by atoms with E-state index in [4.69, 9.17) is 0 Å². The van der Waals surface area contributed by atoms with E-state index in [0.717, 1.165) is 12.8 Å². The van der Waals surface area contributed by atoms with Gasteiger partial charge in [-0.3, -0.25) is 19.7 Å². The molecule has 1 atom stereocenters. The maximum absolute atomic E-state index is 12.6. The van der Waals surface area contributed by atoms with Crippen molar-refractivity contribution in [2.45, 2.75) is 39.2 Å². The summed E-state index contributed by atoms with van der Waals surface area (Å²) in [5, 5.41) is 10.7. The zero-order valence-corrected chi connectivity index (χ0v) is 12.2. The number of aryl methyl sites for hydroxylation is 1. The number of non-ortho nitro benzene ring substituents is 1. The van der Waals surface area contributed by atoms with Crippen molar-refractivity contribution in [2.24, 2.45) is 0 Å². The molecule has 112 valence electrons. The van der Waals surface area contributed by atoms with E-state index in [1.54, 1.807) is 11.8 Å². The zero-order valence-electron chi connectivity index (χ0n) is 12.2. The molecule has 1 heterocycles. The standard InChI is InChI=1S/C15H18N2O4/c1-10-8-13(17(20)21)5-6-14(10)15(19)16-7-3-4-12(16)9-11(2)18/h5-6,8,12H,3-4,7,9H2,1-2H3. The number of carbonyl (C=O) groups is 2. The van der Waals surface area contributed by atoms with Crippen LogP contribution in [0.15, 0.2) is 18.2 Å². The van der Waals surface area contributed by atoms with E-state index < -0.39 is 4.92 Å². The van der Waals surface area contributed by atoms with E-state index in [9.17, 15) is 19.7 Å². The topological polar surface area (TPSA) is 80.5 Å². The highest BCUT2D eigenvalue weighted by Crippen LogP contribution is 2.25. The predicted octanol–water partition coefficient (Wildman–Crippen LogP) is 2.49. The quantitative estimate of drug-likeness (QED) is 0.630. The van der Waals surface area contributed by atoms with Gasteiger partial charge in [-0.2, -0.15) is 0 Å². The second kappa shape index (κ2) is 6.03.